The molecule has 2 saturated heterocycles. The largest absolute Gasteiger partial charge is 0.354 e. The standard InChI is InChI=1S/C24H30N8/c1-17-3-9-25-21(29-17)19-5-13-31(14-6-19)23-24(28-12-11-27-23)32-15-7-20(8-16-32)22-26-10-4-18(2)30-22/h3-4,9-12,19-20H,5-8,13-16H2,1-2H3. The maximum Gasteiger partial charge on any atom is 0.171 e. The van der Waals surface area contributed by atoms with Crippen molar-refractivity contribution in [3.05, 3.63) is 60.0 Å². The summed E-state index contributed by atoms with van der Waals surface area (Å²) in [5.74, 6) is 4.78. The molecule has 3 aromatic rings. The molecule has 0 saturated carbocycles. The molecule has 0 spiro atoms. The third-order valence-corrected chi connectivity index (χ3v) is 6.61. The molecular weight excluding hydrogens is 400 g/mol. The maximum absolute atomic E-state index is 4.74. The zero-order valence-corrected chi connectivity index (χ0v) is 18.9. The summed E-state index contributed by atoms with van der Waals surface area (Å²) in [5.41, 5.74) is 2.07. The van der Waals surface area contributed by atoms with E-state index in [1.165, 1.54) is 0 Å². The Balaban J connectivity index is 1.25. The van der Waals surface area contributed by atoms with E-state index in [2.05, 4.69) is 29.7 Å². The Kier molecular flexibility index (Phi) is 5.92. The minimum atomic E-state index is 0.413. The molecule has 166 valence electrons. The third kappa shape index (κ3) is 4.40. The SMILES string of the molecule is Cc1ccnc(C2CCN(c3nccnc3N3CCC(c4nccc(C)n4)CC3)CC2)n1. The van der Waals surface area contributed by atoms with E-state index in [0.717, 1.165) is 86.5 Å². The zero-order valence-electron chi connectivity index (χ0n) is 18.9. The van der Waals surface area contributed by atoms with Crippen LogP contribution in [0.2, 0.25) is 0 Å². The first-order valence-electron chi connectivity index (χ1n) is 11.6. The lowest BCUT2D eigenvalue weighted by atomic mass is 9.95. The van der Waals surface area contributed by atoms with Gasteiger partial charge in [0.25, 0.3) is 0 Å². The van der Waals surface area contributed by atoms with Crippen LogP contribution in [0.3, 0.4) is 0 Å². The van der Waals surface area contributed by atoms with Crippen LogP contribution in [0.5, 0.6) is 0 Å². The van der Waals surface area contributed by atoms with Crippen molar-refractivity contribution in [2.45, 2.75) is 51.4 Å². The molecule has 5 heterocycles. The topological polar surface area (TPSA) is 83.8 Å². The summed E-state index contributed by atoms with van der Waals surface area (Å²) in [5, 5.41) is 0. The van der Waals surface area contributed by atoms with Gasteiger partial charge in [0.2, 0.25) is 0 Å². The molecule has 3 aromatic heterocycles. The predicted molar refractivity (Wildman–Crippen MR) is 124 cm³/mol. The monoisotopic (exact) mass is 430 g/mol. The van der Waals surface area contributed by atoms with Crippen LogP contribution in [0.15, 0.2) is 36.9 Å². The average molecular weight is 431 g/mol. The van der Waals surface area contributed by atoms with Crippen LogP contribution in [-0.2, 0) is 0 Å². The molecule has 5 rings (SSSR count). The van der Waals surface area contributed by atoms with E-state index in [0.29, 0.717) is 11.8 Å². The Labute approximate surface area is 189 Å². The summed E-state index contributed by atoms with van der Waals surface area (Å²) < 4.78 is 0. The summed E-state index contributed by atoms with van der Waals surface area (Å²) in [6.45, 7) is 7.84. The Morgan fingerprint density at radius 2 is 1.00 bits per heavy atom. The quantitative estimate of drug-likeness (QED) is 0.622. The Bertz CT molecular complexity index is 971. The molecule has 2 aliphatic heterocycles. The molecular formula is C24H30N8. The van der Waals surface area contributed by atoms with Gasteiger partial charge in [0, 0.05) is 74.2 Å². The average Bonchev–Trinajstić information content (AvgIpc) is 2.84. The zero-order chi connectivity index (χ0) is 21.9. The lowest BCUT2D eigenvalue weighted by molar-refractivity contribution is 0.473. The Hall–Kier alpha value is -3.16. The van der Waals surface area contributed by atoms with Gasteiger partial charge in [-0.2, -0.15) is 0 Å². The number of hydrogen-bond donors (Lipinski definition) is 0. The molecule has 8 nitrogen and oxygen atoms in total. The van der Waals surface area contributed by atoms with E-state index < -0.39 is 0 Å². The summed E-state index contributed by atoms with van der Waals surface area (Å²) in [7, 11) is 0. The summed E-state index contributed by atoms with van der Waals surface area (Å²) >= 11 is 0. The first-order valence-corrected chi connectivity index (χ1v) is 11.6. The third-order valence-electron chi connectivity index (χ3n) is 6.61. The van der Waals surface area contributed by atoms with E-state index >= 15 is 0 Å². The molecule has 0 atom stereocenters. The molecule has 0 radical (unpaired) electrons. The maximum atomic E-state index is 4.74. The number of aromatic nitrogens is 6. The van der Waals surface area contributed by atoms with E-state index in [1.807, 2.05) is 50.8 Å². The molecule has 0 aromatic carbocycles. The molecule has 2 fully saturated rings. The molecule has 0 unspecified atom stereocenters. The van der Waals surface area contributed by atoms with E-state index in [-0.39, 0.29) is 0 Å². The predicted octanol–water partition coefficient (Wildman–Crippen LogP) is 3.44. The van der Waals surface area contributed by atoms with Crippen LogP contribution in [0, 0.1) is 13.8 Å². The van der Waals surface area contributed by atoms with Gasteiger partial charge in [0.1, 0.15) is 11.6 Å². The van der Waals surface area contributed by atoms with Crippen LogP contribution in [-0.4, -0.2) is 56.1 Å². The van der Waals surface area contributed by atoms with Gasteiger partial charge in [-0.3, -0.25) is 0 Å². The Morgan fingerprint density at radius 3 is 1.38 bits per heavy atom. The highest BCUT2D eigenvalue weighted by Crippen LogP contribution is 2.34. The summed E-state index contributed by atoms with van der Waals surface area (Å²) in [6, 6.07) is 3.91. The second kappa shape index (κ2) is 9.14. The van der Waals surface area contributed by atoms with Gasteiger partial charge in [0.05, 0.1) is 0 Å². The number of nitrogens with zero attached hydrogens (tertiary/aromatic N) is 8. The van der Waals surface area contributed by atoms with Gasteiger partial charge in [-0.15, -0.1) is 0 Å². The molecule has 0 bridgehead atoms. The van der Waals surface area contributed by atoms with Crippen molar-refractivity contribution in [2.24, 2.45) is 0 Å². The van der Waals surface area contributed by atoms with Crippen molar-refractivity contribution >= 4 is 11.6 Å². The van der Waals surface area contributed by atoms with Crippen molar-refractivity contribution in [1.82, 2.24) is 29.9 Å². The summed E-state index contributed by atoms with van der Waals surface area (Å²) in [4.78, 5) is 32.6. The van der Waals surface area contributed by atoms with E-state index in [9.17, 15) is 0 Å². The fourth-order valence-electron chi connectivity index (χ4n) is 4.80. The smallest absolute Gasteiger partial charge is 0.171 e. The fourth-order valence-corrected chi connectivity index (χ4v) is 4.80. The minimum Gasteiger partial charge on any atom is -0.354 e. The van der Waals surface area contributed by atoms with Crippen molar-refractivity contribution in [3.8, 4) is 0 Å². The van der Waals surface area contributed by atoms with Gasteiger partial charge < -0.3 is 9.80 Å². The van der Waals surface area contributed by atoms with Gasteiger partial charge >= 0.3 is 0 Å². The van der Waals surface area contributed by atoms with Crippen molar-refractivity contribution < 1.29 is 0 Å². The number of piperidine rings is 2. The fraction of sp³-hybridized carbons (Fsp3) is 0.500. The van der Waals surface area contributed by atoms with Crippen LogP contribution >= 0.6 is 0 Å². The Morgan fingerprint density at radius 1 is 0.594 bits per heavy atom. The lowest BCUT2D eigenvalue weighted by Crippen LogP contribution is -2.38. The van der Waals surface area contributed by atoms with Crippen LogP contribution < -0.4 is 9.80 Å². The highest BCUT2D eigenvalue weighted by molar-refractivity contribution is 5.62. The number of rotatable bonds is 4. The molecule has 8 heteroatoms. The number of anilines is 2. The van der Waals surface area contributed by atoms with Gasteiger partial charge in [0.15, 0.2) is 11.6 Å². The van der Waals surface area contributed by atoms with Crippen molar-refractivity contribution in [2.75, 3.05) is 36.0 Å². The molecule has 0 aliphatic carbocycles. The molecule has 32 heavy (non-hydrogen) atoms. The van der Waals surface area contributed by atoms with Gasteiger partial charge in [-0.05, 0) is 51.7 Å². The highest BCUT2D eigenvalue weighted by Gasteiger charge is 2.29. The molecule has 0 amide bonds. The second-order valence-corrected chi connectivity index (χ2v) is 8.84. The molecule has 0 N–H and O–H groups in total. The van der Waals surface area contributed by atoms with Crippen molar-refractivity contribution in [1.29, 1.82) is 0 Å². The van der Waals surface area contributed by atoms with Crippen LogP contribution in [0.25, 0.3) is 0 Å². The number of hydrogen-bond acceptors (Lipinski definition) is 8. The summed E-state index contributed by atoms with van der Waals surface area (Å²) in [6.07, 6.45) is 11.5. The van der Waals surface area contributed by atoms with Gasteiger partial charge in [-0.25, -0.2) is 29.9 Å². The van der Waals surface area contributed by atoms with Crippen LogP contribution in [0.4, 0.5) is 11.6 Å². The van der Waals surface area contributed by atoms with Crippen molar-refractivity contribution in [3.63, 3.8) is 0 Å². The first-order chi connectivity index (χ1) is 15.7. The second-order valence-electron chi connectivity index (χ2n) is 8.84. The first kappa shape index (κ1) is 20.7. The van der Waals surface area contributed by atoms with Gasteiger partial charge in [-0.1, -0.05) is 0 Å². The van der Waals surface area contributed by atoms with E-state index in [4.69, 9.17) is 9.97 Å². The lowest BCUT2D eigenvalue weighted by Gasteiger charge is -2.37. The van der Waals surface area contributed by atoms with E-state index in [1.54, 1.807) is 0 Å². The highest BCUT2D eigenvalue weighted by atomic mass is 15.3. The molecule has 2 aliphatic rings. The normalized spacial score (nSPS) is 18.2. The minimum absolute atomic E-state index is 0.413. The van der Waals surface area contributed by atoms with Crippen LogP contribution in [0.1, 0.15) is 60.6 Å². The number of aryl methyl sites for hydroxylation is 2.